The highest BCUT2D eigenvalue weighted by atomic mass is 19.4. The van der Waals surface area contributed by atoms with E-state index in [1.807, 2.05) is 0 Å². The molecule has 1 aliphatic carbocycles. The number of rotatable bonds is 6. The molecule has 1 aliphatic rings. The van der Waals surface area contributed by atoms with Gasteiger partial charge in [0.2, 0.25) is 0 Å². The van der Waals surface area contributed by atoms with E-state index in [-0.39, 0.29) is 25.7 Å². The number of benzene rings is 2. The summed E-state index contributed by atoms with van der Waals surface area (Å²) in [5.41, 5.74) is -10.1. The van der Waals surface area contributed by atoms with Gasteiger partial charge in [-0.15, -0.1) is 0 Å². The maximum absolute atomic E-state index is 14.7. The van der Waals surface area contributed by atoms with E-state index in [1.54, 1.807) is 0 Å². The number of halogens is 7. The van der Waals surface area contributed by atoms with Crippen molar-refractivity contribution in [3.05, 3.63) is 73.1 Å². The van der Waals surface area contributed by atoms with Gasteiger partial charge in [-0.25, -0.2) is 4.39 Å². The Morgan fingerprint density at radius 1 is 0.914 bits per heavy atom. The van der Waals surface area contributed by atoms with Gasteiger partial charge in [-0.05, 0) is 31.0 Å². The molecule has 0 heterocycles. The van der Waals surface area contributed by atoms with Crippen LogP contribution >= 0.6 is 0 Å². The van der Waals surface area contributed by atoms with Crippen molar-refractivity contribution >= 4 is 17.1 Å². The molecular weight excluding hydrogens is 495 g/mol. The molecule has 2 N–H and O–H groups in total. The SMILES string of the molecule is O=[N+]([O-])c1ccc(NC2(C(O)c3c(F)ccc([N+](=O)[O-])c3C(F)(F)F)CCCC2)cc1C(F)(F)F. The summed E-state index contributed by atoms with van der Waals surface area (Å²) in [5.74, 6) is -1.59. The summed E-state index contributed by atoms with van der Waals surface area (Å²) in [4.78, 5) is 19.5. The van der Waals surface area contributed by atoms with Gasteiger partial charge in [0, 0.05) is 23.4 Å². The molecule has 2 aromatic carbocycles. The Hall–Kier alpha value is -3.49. The molecule has 2 aromatic rings. The van der Waals surface area contributed by atoms with Gasteiger partial charge in [-0.1, -0.05) is 12.8 Å². The Morgan fingerprint density at radius 3 is 1.94 bits per heavy atom. The number of nitro benzene ring substituents is 2. The van der Waals surface area contributed by atoms with E-state index in [2.05, 4.69) is 5.32 Å². The van der Waals surface area contributed by atoms with Gasteiger partial charge in [-0.3, -0.25) is 20.2 Å². The molecule has 15 heteroatoms. The fourth-order valence-corrected chi connectivity index (χ4v) is 4.34. The summed E-state index contributed by atoms with van der Waals surface area (Å²) >= 11 is 0. The number of nitrogens with zero attached hydrogens (tertiary/aromatic N) is 2. The van der Waals surface area contributed by atoms with Crippen LogP contribution in [0.1, 0.15) is 48.5 Å². The van der Waals surface area contributed by atoms with Gasteiger partial charge in [0.1, 0.15) is 23.0 Å². The summed E-state index contributed by atoms with van der Waals surface area (Å²) in [6, 6.07) is 2.46. The molecule has 0 aliphatic heterocycles. The lowest BCUT2D eigenvalue weighted by atomic mass is 9.82. The topological polar surface area (TPSA) is 119 Å². The van der Waals surface area contributed by atoms with Crippen molar-refractivity contribution in [3.63, 3.8) is 0 Å². The minimum absolute atomic E-state index is 0.133. The van der Waals surface area contributed by atoms with E-state index in [0.717, 1.165) is 6.07 Å². The number of hydrogen-bond acceptors (Lipinski definition) is 6. The number of nitrogens with one attached hydrogen (secondary N) is 1. The second-order valence-corrected chi connectivity index (χ2v) is 7.99. The summed E-state index contributed by atoms with van der Waals surface area (Å²) in [6.07, 6.45) is -12.7. The molecule has 190 valence electrons. The first-order valence-corrected chi connectivity index (χ1v) is 9.94. The summed E-state index contributed by atoms with van der Waals surface area (Å²) in [6.45, 7) is 0. The van der Waals surface area contributed by atoms with Crippen LogP contribution < -0.4 is 5.32 Å². The average molecular weight is 511 g/mol. The van der Waals surface area contributed by atoms with Crippen LogP contribution in [0.25, 0.3) is 0 Å². The lowest BCUT2D eigenvalue weighted by molar-refractivity contribution is -0.388. The first kappa shape index (κ1) is 26.1. The first-order valence-electron chi connectivity index (χ1n) is 9.94. The van der Waals surface area contributed by atoms with Gasteiger partial charge in [0.05, 0.1) is 15.4 Å². The Balaban J connectivity index is 2.16. The van der Waals surface area contributed by atoms with Gasteiger partial charge >= 0.3 is 12.4 Å². The molecule has 0 radical (unpaired) electrons. The van der Waals surface area contributed by atoms with Crippen LogP contribution in [0.15, 0.2) is 30.3 Å². The van der Waals surface area contributed by atoms with E-state index in [0.29, 0.717) is 24.3 Å². The molecule has 0 saturated heterocycles. The van der Waals surface area contributed by atoms with E-state index in [4.69, 9.17) is 0 Å². The van der Waals surface area contributed by atoms with E-state index >= 15 is 0 Å². The number of aliphatic hydroxyl groups is 1. The van der Waals surface area contributed by atoms with Crippen LogP contribution in [-0.4, -0.2) is 20.5 Å². The monoisotopic (exact) mass is 511 g/mol. The highest BCUT2D eigenvalue weighted by Gasteiger charge is 2.50. The smallest absolute Gasteiger partial charge is 0.386 e. The highest BCUT2D eigenvalue weighted by molar-refractivity contribution is 5.58. The average Bonchev–Trinajstić information content (AvgIpc) is 3.21. The predicted molar refractivity (Wildman–Crippen MR) is 106 cm³/mol. The lowest BCUT2D eigenvalue weighted by Crippen LogP contribution is -2.43. The van der Waals surface area contributed by atoms with Crippen LogP contribution in [-0.2, 0) is 12.4 Å². The summed E-state index contributed by atoms with van der Waals surface area (Å²) in [5, 5.41) is 35.7. The quantitative estimate of drug-likeness (QED) is 0.273. The second kappa shape index (κ2) is 8.94. The lowest BCUT2D eigenvalue weighted by Gasteiger charge is -2.37. The third-order valence-electron chi connectivity index (χ3n) is 5.84. The van der Waals surface area contributed by atoms with E-state index in [9.17, 15) is 56.1 Å². The Morgan fingerprint density at radius 2 is 1.46 bits per heavy atom. The molecule has 1 unspecified atom stereocenters. The summed E-state index contributed by atoms with van der Waals surface area (Å²) < 4.78 is 96.0. The minimum Gasteiger partial charge on any atom is -0.386 e. The van der Waals surface area contributed by atoms with Crippen LogP contribution in [0, 0.1) is 26.0 Å². The maximum atomic E-state index is 14.7. The van der Waals surface area contributed by atoms with Crippen molar-refractivity contribution < 1.29 is 45.7 Å². The van der Waals surface area contributed by atoms with Crippen LogP contribution in [0.3, 0.4) is 0 Å². The van der Waals surface area contributed by atoms with E-state index < -0.39 is 73.4 Å². The Kier molecular flexibility index (Phi) is 6.67. The fraction of sp³-hybridized carbons (Fsp3) is 0.400. The zero-order chi connectivity index (χ0) is 26.3. The molecule has 8 nitrogen and oxygen atoms in total. The molecule has 0 aromatic heterocycles. The second-order valence-electron chi connectivity index (χ2n) is 7.99. The van der Waals surface area contributed by atoms with Crippen molar-refractivity contribution in [2.24, 2.45) is 0 Å². The Labute approximate surface area is 191 Å². The molecule has 1 atom stereocenters. The van der Waals surface area contributed by atoms with Crippen molar-refractivity contribution in [2.45, 2.75) is 49.7 Å². The zero-order valence-corrected chi connectivity index (χ0v) is 17.4. The fourth-order valence-electron chi connectivity index (χ4n) is 4.34. The molecule has 0 amide bonds. The van der Waals surface area contributed by atoms with Crippen LogP contribution in [0.5, 0.6) is 0 Å². The molecule has 35 heavy (non-hydrogen) atoms. The maximum Gasteiger partial charge on any atom is 0.423 e. The minimum atomic E-state index is -5.45. The number of aliphatic hydroxyl groups excluding tert-OH is 1. The third-order valence-corrected chi connectivity index (χ3v) is 5.84. The number of nitro groups is 2. The largest absolute Gasteiger partial charge is 0.423 e. The summed E-state index contributed by atoms with van der Waals surface area (Å²) in [7, 11) is 0. The van der Waals surface area contributed by atoms with Crippen molar-refractivity contribution in [2.75, 3.05) is 5.32 Å². The normalized spacial score (nSPS) is 16.7. The standard InChI is InChI=1S/C20H16F7N3O5/c21-12-4-6-14(30(34)35)16(20(25,26)27)15(12)17(31)18(7-1-2-8-18)28-10-3-5-13(29(32)33)11(9-10)19(22,23)24/h3-6,9,17,28,31H,1-2,7-8H2. The number of alkyl halides is 6. The molecule has 0 bridgehead atoms. The number of hydrogen-bond donors (Lipinski definition) is 2. The number of anilines is 1. The molecule has 3 rings (SSSR count). The van der Waals surface area contributed by atoms with Gasteiger partial charge < -0.3 is 10.4 Å². The molecule has 1 saturated carbocycles. The first-order chi connectivity index (χ1) is 16.1. The van der Waals surface area contributed by atoms with Gasteiger partial charge in [0.15, 0.2) is 0 Å². The third kappa shape index (κ3) is 4.99. The van der Waals surface area contributed by atoms with Gasteiger partial charge in [-0.2, -0.15) is 26.3 Å². The van der Waals surface area contributed by atoms with Crippen molar-refractivity contribution in [1.82, 2.24) is 0 Å². The Bertz CT molecular complexity index is 1160. The van der Waals surface area contributed by atoms with Gasteiger partial charge in [0.25, 0.3) is 11.4 Å². The molecule has 1 fully saturated rings. The molecule has 0 spiro atoms. The molecular formula is C20H16F7N3O5. The van der Waals surface area contributed by atoms with Crippen molar-refractivity contribution in [1.29, 1.82) is 0 Å². The highest BCUT2D eigenvalue weighted by Crippen LogP contribution is 2.49. The van der Waals surface area contributed by atoms with Crippen molar-refractivity contribution in [3.8, 4) is 0 Å². The zero-order valence-electron chi connectivity index (χ0n) is 17.4. The van der Waals surface area contributed by atoms with E-state index in [1.165, 1.54) is 0 Å². The van der Waals surface area contributed by atoms with Crippen LogP contribution in [0.4, 0.5) is 47.8 Å². The van der Waals surface area contributed by atoms with Crippen LogP contribution in [0.2, 0.25) is 0 Å². The predicted octanol–water partition coefficient (Wildman–Crippen LogP) is 6.14.